The molecule has 2 fully saturated rings. The number of hydrogen-bond donors (Lipinski definition) is 1. The lowest BCUT2D eigenvalue weighted by molar-refractivity contribution is -0.137. The molecular formula is C21H28N2O2. The number of nitrogens with one attached hydrogen (secondary N) is 1. The van der Waals surface area contributed by atoms with E-state index in [9.17, 15) is 9.59 Å². The first-order chi connectivity index (χ1) is 12.2. The lowest BCUT2D eigenvalue weighted by atomic mass is 9.78. The van der Waals surface area contributed by atoms with E-state index in [0.717, 1.165) is 24.9 Å². The topological polar surface area (TPSA) is 49.4 Å². The SMILES string of the molecule is O=C(C=Cc1ccccc1)NCCC(=O)N1CCCC2CCCCC21. The van der Waals surface area contributed by atoms with Crippen LogP contribution in [0.1, 0.15) is 50.5 Å². The molecule has 0 spiro atoms. The number of likely N-dealkylation sites (tertiary alicyclic amines) is 1. The second-order valence-corrected chi connectivity index (χ2v) is 7.13. The monoisotopic (exact) mass is 340 g/mol. The Morgan fingerprint density at radius 3 is 2.68 bits per heavy atom. The third-order valence-corrected chi connectivity index (χ3v) is 5.43. The number of fused-ring (bicyclic) bond motifs is 1. The number of benzene rings is 1. The molecule has 0 bridgehead atoms. The molecule has 1 saturated carbocycles. The molecule has 1 aliphatic carbocycles. The summed E-state index contributed by atoms with van der Waals surface area (Å²) in [6, 6.07) is 10.2. The molecule has 25 heavy (non-hydrogen) atoms. The minimum Gasteiger partial charge on any atom is -0.352 e. The largest absolute Gasteiger partial charge is 0.352 e. The maximum Gasteiger partial charge on any atom is 0.244 e. The smallest absolute Gasteiger partial charge is 0.244 e. The molecule has 1 aliphatic heterocycles. The number of nitrogens with zero attached hydrogens (tertiary/aromatic N) is 1. The fourth-order valence-corrected chi connectivity index (χ4v) is 4.17. The summed E-state index contributed by atoms with van der Waals surface area (Å²) in [5, 5.41) is 2.82. The van der Waals surface area contributed by atoms with E-state index < -0.39 is 0 Å². The van der Waals surface area contributed by atoms with Crippen LogP contribution in [0.4, 0.5) is 0 Å². The van der Waals surface area contributed by atoms with Gasteiger partial charge in [0, 0.05) is 31.6 Å². The molecule has 4 heteroatoms. The predicted octanol–water partition coefficient (Wildman–Crippen LogP) is 3.39. The third-order valence-electron chi connectivity index (χ3n) is 5.43. The van der Waals surface area contributed by atoms with Crippen LogP contribution in [0.5, 0.6) is 0 Å². The Bertz CT molecular complexity index is 610. The van der Waals surface area contributed by atoms with Gasteiger partial charge in [-0.25, -0.2) is 0 Å². The van der Waals surface area contributed by atoms with Crippen LogP contribution in [0.3, 0.4) is 0 Å². The number of carbonyl (C=O) groups excluding carboxylic acids is 2. The second kappa shape index (κ2) is 8.84. The van der Waals surface area contributed by atoms with Crippen LogP contribution in [-0.4, -0.2) is 35.8 Å². The number of rotatable bonds is 5. The second-order valence-electron chi connectivity index (χ2n) is 7.13. The number of hydrogen-bond acceptors (Lipinski definition) is 2. The lowest BCUT2D eigenvalue weighted by Crippen LogP contribution is -2.50. The van der Waals surface area contributed by atoms with E-state index in [1.165, 1.54) is 31.8 Å². The number of carbonyl (C=O) groups is 2. The Morgan fingerprint density at radius 2 is 1.84 bits per heavy atom. The Labute approximate surface area is 150 Å². The van der Waals surface area contributed by atoms with Gasteiger partial charge in [0.2, 0.25) is 11.8 Å². The van der Waals surface area contributed by atoms with Gasteiger partial charge in [-0.3, -0.25) is 9.59 Å². The Hall–Kier alpha value is -2.10. The van der Waals surface area contributed by atoms with Crippen molar-refractivity contribution in [3.05, 3.63) is 42.0 Å². The summed E-state index contributed by atoms with van der Waals surface area (Å²) in [6.07, 6.45) is 11.1. The zero-order valence-electron chi connectivity index (χ0n) is 14.8. The fourth-order valence-electron chi connectivity index (χ4n) is 4.17. The van der Waals surface area contributed by atoms with Crippen molar-refractivity contribution in [2.24, 2.45) is 5.92 Å². The highest BCUT2D eigenvalue weighted by Gasteiger charge is 2.35. The summed E-state index contributed by atoms with van der Waals surface area (Å²) >= 11 is 0. The van der Waals surface area contributed by atoms with Crippen LogP contribution < -0.4 is 5.32 Å². The maximum absolute atomic E-state index is 12.6. The van der Waals surface area contributed by atoms with Gasteiger partial charge in [0.15, 0.2) is 0 Å². The van der Waals surface area contributed by atoms with E-state index in [4.69, 9.17) is 0 Å². The Balaban J connectivity index is 1.42. The molecule has 1 aromatic carbocycles. The molecule has 1 aromatic rings. The zero-order chi connectivity index (χ0) is 17.5. The van der Waals surface area contributed by atoms with Gasteiger partial charge in [0.25, 0.3) is 0 Å². The molecule has 1 N–H and O–H groups in total. The summed E-state index contributed by atoms with van der Waals surface area (Å²) < 4.78 is 0. The van der Waals surface area contributed by atoms with Gasteiger partial charge in [-0.05, 0) is 43.2 Å². The van der Waals surface area contributed by atoms with Crippen LogP contribution in [0.25, 0.3) is 6.08 Å². The Kier molecular flexibility index (Phi) is 6.26. The van der Waals surface area contributed by atoms with E-state index >= 15 is 0 Å². The molecule has 2 unspecified atom stereocenters. The average Bonchev–Trinajstić information content (AvgIpc) is 2.66. The molecule has 1 heterocycles. The molecule has 2 atom stereocenters. The normalized spacial score (nSPS) is 23.3. The van der Waals surface area contributed by atoms with Gasteiger partial charge in [-0.1, -0.05) is 43.2 Å². The summed E-state index contributed by atoms with van der Waals surface area (Å²) in [6.45, 7) is 1.30. The van der Waals surface area contributed by atoms with Crippen molar-refractivity contribution in [3.63, 3.8) is 0 Å². The minimum absolute atomic E-state index is 0.147. The lowest BCUT2D eigenvalue weighted by Gasteiger charge is -2.44. The fraction of sp³-hybridized carbons (Fsp3) is 0.524. The van der Waals surface area contributed by atoms with Gasteiger partial charge >= 0.3 is 0 Å². The molecule has 0 radical (unpaired) electrons. The summed E-state index contributed by atoms with van der Waals surface area (Å²) in [4.78, 5) is 26.5. The van der Waals surface area contributed by atoms with Crippen molar-refractivity contribution in [2.75, 3.05) is 13.1 Å². The van der Waals surface area contributed by atoms with Crippen molar-refractivity contribution in [2.45, 2.75) is 51.0 Å². The van der Waals surface area contributed by atoms with Gasteiger partial charge in [-0.15, -0.1) is 0 Å². The van der Waals surface area contributed by atoms with E-state index in [2.05, 4.69) is 10.2 Å². The van der Waals surface area contributed by atoms with Crippen LogP contribution in [0.15, 0.2) is 36.4 Å². The van der Waals surface area contributed by atoms with Gasteiger partial charge in [0.1, 0.15) is 0 Å². The zero-order valence-corrected chi connectivity index (χ0v) is 14.8. The van der Waals surface area contributed by atoms with E-state index in [1.807, 2.05) is 30.3 Å². The minimum atomic E-state index is -0.147. The molecule has 4 nitrogen and oxygen atoms in total. The molecule has 2 aliphatic rings. The third kappa shape index (κ3) is 4.94. The molecule has 1 saturated heterocycles. The summed E-state index contributed by atoms with van der Waals surface area (Å²) in [5.74, 6) is 0.754. The van der Waals surface area contributed by atoms with Crippen LogP contribution >= 0.6 is 0 Å². The van der Waals surface area contributed by atoms with Crippen molar-refractivity contribution in [1.82, 2.24) is 10.2 Å². The molecule has 0 aromatic heterocycles. The van der Waals surface area contributed by atoms with E-state index in [0.29, 0.717) is 24.9 Å². The Morgan fingerprint density at radius 1 is 1.08 bits per heavy atom. The number of amides is 2. The highest BCUT2D eigenvalue weighted by Crippen LogP contribution is 2.35. The van der Waals surface area contributed by atoms with Crippen molar-refractivity contribution < 1.29 is 9.59 Å². The highest BCUT2D eigenvalue weighted by molar-refractivity contribution is 5.92. The highest BCUT2D eigenvalue weighted by atomic mass is 16.2. The summed E-state index contributed by atoms with van der Waals surface area (Å²) in [5.41, 5.74) is 0.991. The van der Waals surface area contributed by atoms with Gasteiger partial charge in [-0.2, -0.15) is 0 Å². The first kappa shape index (κ1) is 17.7. The van der Waals surface area contributed by atoms with Crippen molar-refractivity contribution >= 4 is 17.9 Å². The van der Waals surface area contributed by atoms with Gasteiger partial charge < -0.3 is 10.2 Å². The van der Waals surface area contributed by atoms with Crippen LogP contribution in [-0.2, 0) is 9.59 Å². The first-order valence-corrected chi connectivity index (χ1v) is 9.54. The number of piperidine rings is 1. The quantitative estimate of drug-likeness (QED) is 0.835. The first-order valence-electron chi connectivity index (χ1n) is 9.54. The molecular weight excluding hydrogens is 312 g/mol. The van der Waals surface area contributed by atoms with E-state index in [-0.39, 0.29) is 11.8 Å². The van der Waals surface area contributed by atoms with Gasteiger partial charge in [0.05, 0.1) is 0 Å². The molecule has 3 rings (SSSR count). The maximum atomic E-state index is 12.6. The van der Waals surface area contributed by atoms with Crippen molar-refractivity contribution in [1.29, 1.82) is 0 Å². The predicted molar refractivity (Wildman–Crippen MR) is 99.8 cm³/mol. The van der Waals surface area contributed by atoms with Crippen molar-refractivity contribution in [3.8, 4) is 0 Å². The molecule has 134 valence electrons. The molecule has 2 amide bonds. The average molecular weight is 340 g/mol. The van der Waals surface area contributed by atoms with E-state index in [1.54, 1.807) is 6.08 Å². The standard InChI is InChI=1S/C21H28N2O2/c24-20(13-12-17-7-2-1-3-8-17)22-15-14-21(25)23-16-6-10-18-9-4-5-11-19(18)23/h1-3,7-8,12-13,18-19H,4-6,9-11,14-16H2,(H,22,24). The van der Waals surface area contributed by atoms with Crippen LogP contribution in [0.2, 0.25) is 0 Å². The summed E-state index contributed by atoms with van der Waals surface area (Å²) in [7, 11) is 0. The van der Waals surface area contributed by atoms with Crippen LogP contribution in [0, 0.1) is 5.92 Å².